The highest BCUT2D eigenvalue weighted by atomic mass is 14.3. The fourth-order valence-electron chi connectivity index (χ4n) is 6.35. The van der Waals surface area contributed by atoms with Gasteiger partial charge in [0.1, 0.15) is 0 Å². The molecule has 0 nitrogen and oxygen atoms in total. The molecule has 0 radical (unpaired) electrons. The van der Waals surface area contributed by atoms with Crippen molar-refractivity contribution in [2.75, 3.05) is 0 Å². The van der Waals surface area contributed by atoms with E-state index in [-0.39, 0.29) is 0 Å². The van der Waals surface area contributed by atoms with Crippen LogP contribution in [-0.4, -0.2) is 0 Å². The second-order valence-electron chi connectivity index (χ2n) is 10.6. The van der Waals surface area contributed by atoms with E-state index in [0.29, 0.717) is 0 Å². The van der Waals surface area contributed by atoms with Gasteiger partial charge < -0.3 is 0 Å². The second-order valence-corrected chi connectivity index (χ2v) is 10.6. The van der Waals surface area contributed by atoms with Gasteiger partial charge in [0, 0.05) is 35.4 Å². The van der Waals surface area contributed by atoms with Crippen LogP contribution >= 0.6 is 0 Å². The van der Waals surface area contributed by atoms with E-state index in [0.717, 1.165) is 11.1 Å². The Morgan fingerprint density at radius 3 is 1.66 bits per heavy atom. The summed E-state index contributed by atoms with van der Waals surface area (Å²) in [7, 11) is 0. The molecule has 0 saturated heterocycles. The van der Waals surface area contributed by atoms with Crippen LogP contribution < -0.4 is 0 Å². The topological polar surface area (TPSA) is 0 Å². The van der Waals surface area contributed by atoms with E-state index in [2.05, 4.69) is 143 Å². The fraction of sp³-hybridized carbons (Fsp3) is 0.132. The highest BCUT2D eigenvalue weighted by Crippen LogP contribution is 2.47. The van der Waals surface area contributed by atoms with Crippen molar-refractivity contribution in [2.24, 2.45) is 0 Å². The van der Waals surface area contributed by atoms with Gasteiger partial charge in [0.05, 0.1) is 17.1 Å². The molecular formula is C38H32. The molecule has 0 amide bonds. The Balaban J connectivity index is 1.58. The van der Waals surface area contributed by atoms with Crippen LogP contribution in [0, 0.1) is 32.6 Å². The average molecular weight is 489 g/mol. The highest BCUT2D eigenvalue weighted by Gasteiger charge is 2.28. The van der Waals surface area contributed by atoms with Crippen molar-refractivity contribution in [3.05, 3.63) is 188 Å². The number of fused-ring (bicyclic) bond motifs is 2. The first-order valence-electron chi connectivity index (χ1n) is 13.4. The molecule has 0 saturated carbocycles. The Kier molecular flexibility index (Phi) is 5.99. The molecule has 0 spiro atoms. The third-order valence-electron chi connectivity index (χ3n) is 7.72. The molecular weight excluding hydrogens is 456 g/mol. The summed E-state index contributed by atoms with van der Waals surface area (Å²) >= 11 is 0. The maximum Gasteiger partial charge on any atom is 0.0822 e. The molecule has 0 unspecified atom stereocenters. The Labute approximate surface area is 227 Å². The summed E-state index contributed by atoms with van der Waals surface area (Å²) < 4.78 is 0. The van der Waals surface area contributed by atoms with Crippen molar-refractivity contribution in [2.45, 2.75) is 34.6 Å². The van der Waals surface area contributed by atoms with Crippen molar-refractivity contribution in [1.82, 2.24) is 0 Å². The van der Waals surface area contributed by atoms with Gasteiger partial charge in [-0.05, 0) is 44.5 Å². The second kappa shape index (κ2) is 9.49. The summed E-state index contributed by atoms with van der Waals surface area (Å²) in [6, 6.07) is 33.0. The largest absolute Gasteiger partial charge is 0.0993 e. The Morgan fingerprint density at radius 2 is 1.11 bits per heavy atom. The Morgan fingerprint density at radius 1 is 0.605 bits per heavy atom. The quantitative estimate of drug-likeness (QED) is 0.171. The molecule has 0 N–H and O–H groups in total. The molecule has 38 heavy (non-hydrogen) atoms. The lowest BCUT2D eigenvalue weighted by Gasteiger charge is -2.37. The molecule has 0 bridgehead atoms. The Bertz CT molecular complexity index is 1590. The lowest BCUT2D eigenvalue weighted by molar-refractivity contribution is 1.12. The zero-order valence-electron chi connectivity index (χ0n) is 22.8. The predicted octanol–water partition coefficient (Wildman–Crippen LogP) is 9.43. The molecule has 4 aromatic carbocycles. The summed E-state index contributed by atoms with van der Waals surface area (Å²) in [5.41, 5.74) is 20.3. The smallest absolute Gasteiger partial charge is 0.0822 e. The normalized spacial score (nSPS) is 14.4. The van der Waals surface area contributed by atoms with Gasteiger partial charge in [-0.3, -0.25) is 0 Å². The fourth-order valence-corrected chi connectivity index (χ4v) is 6.35. The van der Waals surface area contributed by atoms with E-state index >= 15 is 0 Å². The van der Waals surface area contributed by atoms with Gasteiger partial charge >= 0.3 is 0 Å². The number of rotatable bonds is 2. The van der Waals surface area contributed by atoms with E-state index in [1.807, 2.05) is 0 Å². The lowest BCUT2D eigenvalue weighted by atomic mass is 9.71. The van der Waals surface area contributed by atoms with Gasteiger partial charge in [-0.25, -0.2) is 0 Å². The molecule has 0 aromatic heterocycles. The molecule has 2 aliphatic carbocycles. The van der Waals surface area contributed by atoms with Crippen LogP contribution in [0.3, 0.4) is 0 Å². The standard InChI is InChI=1S/C38H32/c1-24-19-25(2)37(26(3)20-24)38-33-17-11-9-15-31(33)35(32-16-10-12-18-34(32)38)23-29-21-27(4)36(28(5)22-29)30-13-7-6-8-14-30/h6-22H,1-5H3. The van der Waals surface area contributed by atoms with E-state index < -0.39 is 0 Å². The van der Waals surface area contributed by atoms with Crippen molar-refractivity contribution < 1.29 is 0 Å². The predicted molar refractivity (Wildman–Crippen MR) is 160 cm³/mol. The number of aryl methyl sites for hydroxylation is 3. The van der Waals surface area contributed by atoms with Crippen molar-refractivity contribution in [3.63, 3.8) is 0 Å². The summed E-state index contributed by atoms with van der Waals surface area (Å²) in [4.78, 5) is 0. The number of hydrogen-bond donors (Lipinski definition) is 0. The van der Waals surface area contributed by atoms with E-state index in [1.54, 1.807) is 0 Å². The zero-order chi connectivity index (χ0) is 26.4. The molecule has 184 valence electrons. The van der Waals surface area contributed by atoms with Gasteiger partial charge in [-0.2, -0.15) is 0 Å². The summed E-state index contributed by atoms with van der Waals surface area (Å²) in [5.74, 6) is 2.63. The number of benzene rings is 4. The Hall–Kier alpha value is -4.38. The van der Waals surface area contributed by atoms with E-state index in [9.17, 15) is 0 Å². The minimum Gasteiger partial charge on any atom is -0.0993 e. The van der Waals surface area contributed by atoms with Gasteiger partial charge in [0.15, 0.2) is 0 Å². The zero-order valence-corrected chi connectivity index (χ0v) is 22.8. The summed E-state index contributed by atoms with van der Waals surface area (Å²) in [6.07, 6.45) is 4.56. The molecule has 0 aliphatic heterocycles. The molecule has 0 heteroatoms. The molecule has 0 fully saturated rings. The molecule has 6 rings (SSSR count). The number of allylic oxidation sites excluding steroid dienone is 5. The van der Waals surface area contributed by atoms with Crippen LogP contribution in [0.15, 0.2) is 126 Å². The monoisotopic (exact) mass is 488 g/mol. The average Bonchev–Trinajstić information content (AvgIpc) is 2.90. The van der Waals surface area contributed by atoms with Crippen LogP contribution in [0.2, 0.25) is 0 Å². The van der Waals surface area contributed by atoms with Crippen LogP contribution in [0.1, 0.15) is 63.9 Å². The van der Waals surface area contributed by atoms with Crippen molar-refractivity contribution in [1.29, 1.82) is 0 Å². The van der Waals surface area contributed by atoms with Gasteiger partial charge in [-0.1, -0.05) is 131 Å². The van der Waals surface area contributed by atoms with Crippen molar-refractivity contribution >= 4 is 5.57 Å². The van der Waals surface area contributed by atoms with Gasteiger partial charge in [-0.15, -0.1) is 0 Å². The highest BCUT2D eigenvalue weighted by molar-refractivity contribution is 5.91. The molecule has 0 atom stereocenters. The maximum atomic E-state index is 3.87. The van der Waals surface area contributed by atoms with Gasteiger partial charge in [0.25, 0.3) is 0 Å². The third-order valence-corrected chi connectivity index (χ3v) is 7.72. The number of hydrogen-bond acceptors (Lipinski definition) is 0. The summed E-state index contributed by atoms with van der Waals surface area (Å²) in [5, 5.41) is 0. The molecule has 0 heterocycles. The first kappa shape index (κ1) is 24.0. The minimum absolute atomic E-state index is 1.12. The van der Waals surface area contributed by atoms with Crippen LogP contribution in [0.5, 0.6) is 0 Å². The lowest BCUT2D eigenvalue weighted by Crippen LogP contribution is -2.17. The van der Waals surface area contributed by atoms with E-state index in [1.165, 1.54) is 73.1 Å². The van der Waals surface area contributed by atoms with Crippen LogP contribution in [0.4, 0.5) is 0 Å². The first-order valence-corrected chi connectivity index (χ1v) is 13.4. The first-order chi connectivity index (χ1) is 18.4. The van der Waals surface area contributed by atoms with Crippen LogP contribution in [-0.2, 0) is 0 Å². The van der Waals surface area contributed by atoms with Crippen LogP contribution in [0.25, 0.3) is 5.57 Å². The summed E-state index contributed by atoms with van der Waals surface area (Å²) in [6.45, 7) is 11.1. The maximum absolute atomic E-state index is 3.87. The van der Waals surface area contributed by atoms with E-state index in [4.69, 9.17) is 0 Å². The molecule has 4 aromatic rings. The third kappa shape index (κ3) is 4.04. The van der Waals surface area contributed by atoms with Crippen molar-refractivity contribution in [3.8, 4) is 0 Å². The van der Waals surface area contributed by atoms with Gasteiger partial charge in [0.2, 0.25) is 0 Å². The SMILES string of the molecule is CC1=CC(=C=C2c3ccccc3[C-](c3c(C)cc(C)cc3C)c3ccccc32)C=C(C)[C+]1c1ccccc1. The minimum atomic E-state index is 1.12. The molecule has 2 aliphatic rings.